The molecular weight excluding hydrogens is 561 g/mol. The van der Waals surface area contributed by atoms with E-state index >= 15 is 0 Å². The van der Waals surface area contributed by atoms with Gasteiger partial charge in [-0.25, -0.2) is 0 Å². The summed E-state index contributed by atoms with van der Waals surface area (Å²) in [4.78, 5) is 0. The molecule has 8 aromatic carbocycles. The fourth-order valence-corrected chi connectivity index (χ4v) is 8.50. The lowest BCUT2D eigenvalue weighted by Gasteiger charge is -2.20. The molecule has 0 amide bonds. The molecule has 0 spiro atoms. The summed E-state index contributed by atoms with van der Waals surface area (Å²) in [5.41, 5.74) is 9.16. The van der Waals surface area contributed by atoms with Gasteiger partial charge in [-0.1, -0.05) is 154 Å². The molecule has 1 heteroatoms. The predicted octanol–water partition coefficient (Wildman–Crippen LogP) is 13.3. The zero-order chi connectivity index (χ0) is 30.3. The molecule has 1 heterocycles. The Morgan fingerprint density at radius 3 is 1.51 bits per heavy atom. The van der Waals surface area contributed by atoms with Gasteiger partial charge in [0.15, 0.2) is 0 Å². The van der Waals surface area contributed by atoms with Gasteiger partial charge in [0, 0.05) is 20.2 Å². The Hall–Kier alpha value is -4.98. The number of thiophene rings is 1. The third-order valence-corrected chi connectivity index (χ3v) is 10.9. The highest BCUT2D eigenvalue weighted by Crippen LogP contribution is 2.44. The second-order valence-corrected chi connectivity index (χ2v) is 14.4. The molecule has 0 fully saturated rings. The quantitative estimate of drug-likeness (QED) is 0.179. The first kappa shape index (κ1) is 26.4. The standard InChI is InChI=1S/C44H32S/c1-44(2,3)32-21-15-28(16-22-32)34-24-18-31-19-25-37-33(23-17-30-20-26-38(34)42(31)41(30)37)27-11-13-29(14-12-27)35-8-6-9-39-36-7-4-5-10-40(36)45-43(35)39/h4-26H,1-3H3. The monoisotopic (exact) mass is 592 g/mol. The van der Waals surface area contributed by atoms with Gasteiger partial charge in [0.2, 0.25) is 0 Å². The van der Waals surface area contributed by atoms with E-state index in [-0.39, 0.29) is 5.41 Å². The highest BCUT2D eigenvalue weighted by molar-refractivity contribution is 7.26. The van der Waals surface area contributed by atoms with Gasteiger partial charge in [0.05, 0.1) is 0 Å². The van der Waals surface area contributed by atoms with Crippen LogP contribution in [0.2, 0.25) is 0 Å². The molecule has 0 bridgehead atoms. The number of fused-ring (bicyclic) bond motifs is 3. The first-order chi connectivity index (χ1) is 21.9. The van der Waals surface area contributed by atoms with Crippen molar-refractivity contribution in [2.24, 2.45) is 0 Å². The number of hydrogen-bond acceptors (Lipinski definition) is 1. The van der Waals surface area contributed by atoms with Gasteiger partial charge in [-0.05, 0) is 82.7 Å². The Balaban J connectivity index is 1.17. The zero-order valence-corrected chi connectivity index (χ0v) is 26.5. The molecule has 0 aliphatic rings. The maximum atomic E-state index is 2.32. The van der Waals surface area contributed by atoms with E-state index in [0.29, 0.717) is 0 Å². The molecule has 45 heavy (non-hydrogen) atoms. The van der Waals surface area contributed by atoms with Crippen molar-refractivity contribution in [3.8, 4) is 33.4 Å². The minimum atomic E-state index is 0.141. The second-order valence-electron chi connectivity index (χ2n) is 13.3. The Morgan fingerprint density at radius 2 is 0.911 bits per heavy atom. The van der Waals surface area contributed by atoms with Crippen LogP contribution in [0, 0.1) is 0 Å². The Morgan fingerprint density at radius 1 is 0.400 bits per heavy atom. The average molecular weight is 593 g/mol. The third kappa shape index (κ3) is 4.11. The average Bonchev–Trinajstić information content (AvgIpc) is 3.46. The lowest BCUT2D eigenvalue weighted by molar-refractivity contribution is 0.590. The van der Waals surface area contributed by atoms with Crippen LogP contribution in [0.5, 0.6) is 0 Å². The highest BCUT2D eigenvalue weighted by atomic mass is 32.1. The SMILES string of the molecule is CC(C)(C)c1ccc(-c2ccc3ccc4c(-c5ccc(-c6cccc7c6sc6ccccc67)cc5)ccc5ccc2c3c54)cc1. The normalized spacial score (nSPS) is 12.3. The van der Waals surface area contributed by atoms with E-state index in [2.05, 4.69) is 160 Å². The lowest BCUT2D eigenvalue weighted by atomic mass is 9.85. The molecule has 9 aromatic rings. The van der Waals surface area contributed by atoms with Crippen molar-refractivity contribution in [3.63, 3.8) is 0 Å². The van der Waals surface area contributed by atoms with E-state index in [1.165, 1.54) is 91.4 Å². The summed E-state index contributed by atoms with van der Waals surface area (Å²) in [6.45, 7) is 6.82. The molecule has 214 valence electrons. The molecule has 0 nitrogen and oxygen atoms in total. The summed E-state index contributed by atoms with van der Waals surface area (Å²) < 4.78 is 2.70. The molecule has 0 saturated carbocycles. The fourth-order valence-electron chi connectivity index (χ4n) is 7.26. The van der Waals surface area contributed by atoms with Crippen molar-refractivity contribution < 1.29 is 0 Å². The van der Waals surface area contributed by atoms with E-state index in [9.17, 15) is 0 Å². The van der Waals surface area contributed by atoms with Crippen LogP contribution in [0.1, 0.15) is 26.3 Å². The van der Waals surface area contributed by atoms with Crippen LogP contribution in [0.4, 0.5) is 0 Å². The van der Waals surface area contributed by atoms with Crippen LogP contribution in [0.15, 0.2) is 140 Å². The van der Waals surface area contributed by atoms with E-state index in [4.69, 9.17) is 0 Å². The van der Waals surface area contributed by atoms with Crippen molar-refractivity contribution in [3.05, 3.63) is 145 Å². The van der Waals surface area contributed by atoms with Gasteiger partial charge in [0.25, 0.3) is 0 Å². The van der Waals surface area contributed by atoms with Crippen molar-refractivity contribution >= 4 is 63.8 Å². The van der Waals surface area contributed by atoms with Crippen molar-refractivity contribution in [1.82, 2.24) is 0 Å². The van der Waals surface area contributed by atoms with Crippen LogP contribution in [0.3, 0.4) is 0 Å². The minimum absolute atomic E-state index is 0.141. The van der Waals surface area contributed by atoms with Crippen LogP contribution < -0.4 is 0 Å². The molecular formula is C44H32S. The van der Waals surface area contributed by atoms with Crippen LogP contribution in [0.25, 0.3) is 85.9 Å². The summed E-state index contributed by atoms with van der Waals surface area (Å²) in [5.74, 6) is 0. The molecule has 0 atom stereocenters. The third-order valence-electron chi connectivity index (χ3n) is 9.64. The van der Waals surface area contributed by atoms with Crippen LogP contribution >= 0.6 is 11.3 Å². The number of benzene rings is 8. The predicted molar refractivity (Wildman–Crippen MR) is 198 cm³/mol. The van der Waals surface area contributed by atoms with E-state index in [1.807, 2.05) is 11.3 Å². The van der Waals surface area contributed by atoms with Crippen LogP contribution in [-0.4, -0.2) is 0 Å². The van der Waals surface area contributed by atoms with Crippen molar-refractivity contribution in [2.45, 2.75) is 26.2 Å². The van der Waals surface area contributed by atoms with Gasteiger partial charge in [-0.3, -0.25) is 0 Å². The lowest BCUT2D eigenvalue weighted by Crippen LogP contribution is -2.10. The summed E-state index contributed by atoms with van der Waals surface area (Å²) in [6, 6.07) is 52.2. The Kier molecular flexibility index (Phi) is 5.73. The molecule has 9 rings (SSSR count). The zero-order valence-electron chi connectivity index (χ0n) is 25.7. The summed E-state index contributed by atoms with van der Waals surface area (Å²) in [7, 11) is 0. The topological polar surface area (TPSA) is 0 Å². The number of rotatable bonds is 3. The Bertz CT molecular complexity index is 2540. The second kappa shape index (κ2) is 9.76. The first-order valence-electron chi connectivity index (χ1n) is 15.8. The van der Waals surface area contributed by atoms with Gasteiger partial charge in [-0.2, -0.15) is 0 Å². The fraction of sp³-hybridized carbons (Fsp3) is 0.0909. The van der Waals surface area contributed by atoms with E-state index in [1.54, 1.807) is 0 Å². The highest BCUT2D eigenvalue weighted by Gasteiger charge is 2.17. The molecule has 0 unspecified atom stereocenters. The minimum Gasteiger partial charge on any atom is -0.135 e. The molecule has 0 radical (unpaired) electrons. The van der Waals surface area contributed by atoms with Gasteiger partial charge < -0.3 is 0 Å². The maximum absolute atomic E-state index is 2.32. The van der Waals surface area contributed by atoms with Crippen molar-refractivity contribution in [1.29, 1.82) is 0 Å². The molecule has 0 N–H and O–H groups in total. The molecule has 0 aliphatic carbocycles. The molecule has 0 saturated heterocycles. The maximum Gasteiger partial charge on any atom is 0.0433 e. The first-order valence-corrected chi connectivity index (χ1v) is 16.6. The summed E-state index contributed by atoms with van der Waals surface area (Å²) >= 11 is 1.89. The van der Waals surface area contributed by atoms with Gasteiger partial charge in [0.1, 0.15) is 0 Å². The van der Waals surface area contributed by atoms with Crippen LogP contribution in [-0.2, 0) is 5.41 Å². The van der Waals surface area contributed by atoms with Gasteiger partial charge in [-0.15, -0.1) is 11.3 Å². The number of hydrogen-bond donors (Lipinski definition) is 0. The summed E-state index contributed by atoms with van der Waals surface area (Å²) in [6.07, 6.45) is 0. The van der Waals surface area contributed by atoms with E-state index in [0.717, 1.165) is 0 Å². The smallest absolute Gasteiger partial charge is 0.0433 e. The molecule has 0 aliphatic heterocycles. The van der Waals surface area contributed by atoms with Gasteiger partial charge >= 0.3 is 0 Å². The Labute approximate surface area is 267 Å². The molecule has 1 aromatic heterocycles. The largest absolute Gasteiger partial charge is 0.135 e. The van der Waals surface area contributed by atoms with Crippen molar-refractivity contribution in [2.75, 3.05) is 0 Å². The van der Waals surface area contributed by atoms with E-state index < -0.39 is 0 Å². The summed E-state index contributed by atoms with van der Waals surface area (Å²) in [5, 5.41) is 10.6.